The van der Waals surface area contributed by atoms with Crippen molar-refractivity contribution in [2.24, 2.45) is 0 Å². The number of halogens is 1. The fourth-order valence-corrected chi connectivity index (χ4v) is 4.90. The standard InChI is InChI=1S/C19H23BrN4OS/c1-19(2,3)23-16-10-12(20)18-13(22-16)11-15(26-18)14-7-8-21-24(14)17-6-4-5-9-25-17/h7-8,10-11,17H,4-6,9H2,1-3H3,(H,22,23). The van der Waals surface area contributed by atoms with Crippen LogP contribution in [0.15, 0.2) is 28.9 Å². The largest absolute Gasteiger partial charge is 0.365 e. The molecule has 26 heavy (non-hydrogen) atoms. The van der Waals surface area contributed by atoms with Crippen molar-refractivity contribution in [3.63, 3.8) is 0 Å². The molecule has 0 saturated carbocycles. The number of ether oxygens (including phenoxy) is 1. The summed E-state index contributed by atoms with van der Waals surface area (Å²) in [6.07, 6.45) is 5.23. The first kappa shape index (κ1) is 17.9. The molecule has 3 aromatic rings. The molecule has 1 aliphatic rings. The molecule has 1 unspecified atom stereocenters. The monoisotopic (exact) mass is 434 g/mol. The minimum Gasteiger partial charge on any atom is -0.365 e. The Morgan fingerprint density at radius 3 is 2.88 bits per heavy atom. The van der Waals surface area contributed by atoms with Gasteiger partial charge in [0.05, 0.1) is 20.8 Å². The van der Waals surface area contributed by atoms with Gasteiger partial charge in [0, 0.05) is 22.8 Å². The van der Waals surface area contributed by atoms with Crippen molar-refractivity contribution in [1.29, 1.82) is 0 Å². The molecule has 0 radical (unpaired) electrons. The number of hydrogen-bond donors (Lipinski definition) is 1. The van der Waals surface area contributed by atoms with Crippen LogP contribution in [0.5, 0.6) is 0 Å². The molecule has 4 heterocycles. The molecule has 0 aromatic carbocycles. The van der Waals surface area contributed by atoms with Gasteiger partial charge in [-0.2, -0.15) is 5.10 Å². The maximum absolute atomic E-state index is 5.93. The molecule has 138 valence electrons. The van der Waals surface area contributed by atoms with Crippen LogP contribution in [0.1, 0.15) is 46.3 Å². The Kier molecular flexibility index (Phi) is 4.79. The number of thiophene rings is 1. The summed E-state index contributed by atoms with van der Waals surface area (Å²) in [4.78, 5) is 5.96. The molecule has 0 amide bonds. The van der Waals surface area contributed by atoms with Gasteiger partial charge in [-0.1, -0.05) is 0 Å². The van der Waals surface area contributed by atoms with Gasteiger partial charge in [-0.3, -0.25) is 0 Å². The molecule has 1 aliphatic heterocycles. The van der Waals surface area contributed by atoms with Gasteiger partial charge < -0.3 is 10.1 Å². The highest BCUT2D eigenvalue weighted by molar-refractivity contribution is 9.10. The summed E-state index contributed by atoms with van der Waals surface area (Å²) in [5, 5.41) is 7.98. The molecule has 0 bridgehead atoms. The van der Waals surface area contributed by atoms with Gasteiger partial charge in [-0.05, 0) is 74.2 Å². The average Bonchev–Trinajstić information content (AvgIpc) is 3.20. The van der Waals surface area contributed by atoms with Crippen molar-refractivity contribution in [2.45, 2.75) is 51.8 Å². The van der Waals surface area contributed by atoms with Crippen molar-refractivity contribution < 1.29 is 4.74 Å². The average molecular weight is 435 g/mol. The van der Waals surface area contributed by atoms with Crippen molar-refractivity contribution in [3.8, 4) is 10.6 Å². The first-order valence-electron chi connectivity index (χ1n) is 8.94. The van der Waals surface area contributed by atoms with Crippen LogP contribution in [0.3, 0.4) is 0 Å². The minimum atomic E-state index is -0.0318. The molecular formula is C19H23BrN4OS. The lowest BCUT2D eigenvalue weighted by Gasteiger charge is -2.24. The lowest BCUT2D eigenvalue weighted by Crippen LogP contribution is -2.26. The zero-order valence-electron chi connectivity index (χ0n) is 15.3. The number of fused-ring (bicyclic) bond motifs is 1. The normalized spacial score (nSPS) is 18.4. The first-order valence-corrected chi connectivity index (χ1v) is 10.6. The Morgan fingerprint density at radius 2 is 2.15 bits per heavy atom. The van der Waals surface area contributed by atoms with Crippen molar-refractivity contribution in [2.75, 3.05) is 11.9 Å². The van der Waals surface area contributed by atoms with E-state index < -0.39 is 0 Å². The zero-order chi connectivity index (χ0) is 18.3. The van der Waals surface area contributed by atoms with Gasteiger partial charge in [0.1, 0.15) is 5.82 Å². The molecular weight excluding hydrogens is 412 g/mol. The Labute approximate surface area is 165 Å². The van der Waals surface area contributed by atoms with Gasteiger partial charge in [0.15, 0.2) is 6.23 Å². The summed E-state index contributed by atoms with van der Waals surface area (Å²) in [5.41, 5.74) is 2.05. The Balaban J connectivity index is 1.72. The third-order valence-electron chi connectivity index (χ3n) is 4.29. The van der Waals surface area contributed by atoms with Gasteiger partial charge in [-0.15, -0.1) is 11.3 Å². The number of anilines is 1. The van der Waals surface area contributed by atoms with E-state index in [-0.39, 0.29) is 11.8 Å². The third kappa shape index (κ3) is 3.66. The molecule has 1 atom stereocenters. The van der Waals surface area contributed by atoms with Gasteiger partial charge >= 0.3 is 0 Å². The number of aromatic nitrogens is 3. The second-order valence-corrected chi connectivity index (χ2v) is 9.58. The molecule has 4 rings (SSSR count). The topological polar surface area (TPSA) is 52.0 Å². The number of pyridine rings is 1. The van der Waals surface area contributed by atoms with Crippen LogP contribution in [0, 0.1) is 0 Å². The Morgan fingerprint density at radius 1 is 1.31 bits per heavy atom. The van der Waals surface area contributed by atoms with Crippen LogP contribution in [0.2, 0.25) is 0 Å². The Bertz CT molecular complexity index is 921. The first-order chi connectivity index (χ1) is 12.4. The van der Waals surface area contributed by atoms with E-state index >= 15 is 0 Å². The lowest BCUT2D eigenvalue weighted by atomic mass is 10.1. The van der Waals surface area contributed by atoms with Gasteiger partial charge in [-0.25, -0.2) is 9.67 Å². The van der Waals surface area contributed by atoms with Gasteiger partial charge in [0.2, 0.25) is 0 Å². The fourth-order valence-electron chi connectivity index (χ4n) is 3.21. The summed E-state index contributed by atoms with van der Waals surface area (Å²) in [7, 11) is 0. The lowest BCUT2D eigenvalue weighted by molar-refractivity contribution is -0.0383. The van der Waals surface area contributed by atoms with E-state index in [1.165, 1.54) is 6.42 Å². The smallest absolute Gasteiger partial charge is 0.150 e. The van der Waals surface area contributed by atoms with E-state index in [1.54, 1.807) is 11.3 Å². The maximum atomic E-state index is 5.93. The molecule has 1 fully saturated rings. The SMILES string of the molecule is CC(C)(C)Nc1cc(Br)c2sc(-c3ccnn3C3CCCCO3)cc2n1. The maximum Gasteiger partial charge on any atom is 0.150 e. The summed E-state index contributed by atoms with van der Waals surface area (Å²) in [6.45, 7) is 7.21. The minimum absolute atomic E-state index is 0.0318. The van der Waals surface area contributed by atoms with Gasteiger partial charge in [0.25, 0.3) is 0 Å². The molecule has 1 saturated heterocycles. The predicted molar refractivity (Wildman–Crippen MR) is 111 cm³/mol. The van der Waals surface area contributed by atoms with E-state index in [4.69, 9.17) is 9.72 Å². The van der Waals surface area contributed by atoms with Crippen molar-refractivity contribution in [3.05, 3.63) is 28.9 Å². The number of nitrogens with zero attached hydrogens (tertiary/aromatic N) is 3. The predicted octanol–water partition coefficient (Wildman–Crippen LogP) is 5.83. The summed E-state index contributed by atoms with van der Waals surface area (Å²) < 4.78 is 10.2. The van der Waals surface area contributed by atoms with E-state index in [2.05, 4.69) is 65.3 Å². The van der Waals surface area contributed by atoms with Crippen LogP contribution in [-0.2, 0) is 4.74 Å². The number of hydrogen-bond acceptors (Lipinski definition) is 5. The van der Waals surface area contributed by atoms with Crippen molar-refractivity contribution in [1.82, 2.24) is 14.8 Å². The quantitative estimate of drug-likeness (QED) is 0.562. The van der Waals surface area contributed by atoms with Crippen molar-refractivity contribution >= 4 is 43.3 Å². The zero-order valence-corrected chi connectivity index (χ0v) is 17.7. The summed E-state index contributed by atoms with van der Waals surface area (Å²) in [6, 6.07) is 6.26. The fraction of sp³-hybridized carbons (Fsp3) is 0.474. The molecule has 1 N–H and O–H groups in total. The van der Waals surface area contributed by atoms with E-state index in [0.717, 1.165) is 50.5 Å². The van der Waals surface area contributed by atoms with Crippen LogP contribution in [0.4, 0.5) is 5.82 Å². The molecule has 7 heteroatoms. The third-order valence-corrected chi connectivity index (χ3v) is 6.36. The highest BCUT2D eigenvalue weighted by Gasteiger charge is 2.21. The Hall–Kier alpha value is -1.44. The van der Waals surface area contributed by atoms with E-state index in [1.807, 2.05) is 10.9 Å². The molecule has 3 aromatic heterocycles. The molecule has 0 spiro atoms. The van der Waals surface area contributed by atoms with Crippen LogP contribution < -0.4 is 5.32 Å². The van der Waals surface area contributed by atoms with Crippen LogP contribution in [-0.4, -0.2) is 26.9 Å². The second kappa shape index (κ2) is 6.94. The number of rotatable bonds is 3. The van der Waals surface area contributed by atoms with Crippen LogP contribution in [0.25, 0.3) is 20.8 Å². The van der Waals surface area contributed by atoms with Crippen LogP contribution >= 0.6 is 27.3 Å². The highest BCUT2D eigenvalue weighted by atomic mass is 79.9. The summed E-state index contributed by atoms with van der Waals surface area (Å²) in [5.74, 6) is 0.880. The molecule has 0 aliphatic carbocycles. The number of nitrogens with one attached hydrogen (secondary N) is 1. The molecule has 5 nitrogen and oxygen atoms in total. The summed E-state index contributed by atoms with van der Waals surface area (Å²) >= 11 is 5.44. The van der Waals surface area contributed by atoms with E-state index in [0.29, 0.717) is 0 Å². The second-order valence-electron chi connectivity index (χ2n) is 7.67. The van der Waals surface area contributed by atoms with E-state index in [9.17, 15) is 0 Å². The highest BCUT2D eigenvalue weighted by Crippen LogP contribution is 2.39.